The summed E-state index contributed by atoms with van der Waals surface area (Å²) in [6.07, 6.45) is 6.56. The van der Waals surface area contributed by atoms with Gasteiger partial charge in [-0.25, -0.2) is 0 Å². The number of hydrogen-bond donors (Lipinski definition) is 0. The Kier molecular flexibility index (Phi) is 3.57. The smallest absolute Gasteiger partial charge is 0.0417 e. The van der Waals surface area contributed by atoms with Gasteiger partial charge in [0.1, 0.15) is 0 Å². The van der Waals surface area contributed by atoms with Gasteiger partial charge in [-0.2, -0.15) is 0 Å². The number of carboxylic acid groups (broad SMARTS) is 1. The molecule has 70 valence electrons. The summed E-state index contributed by atoms with van der Waals surface area (Å²) in [5, 5.41) is 10.3. The van der Waals surface area contributed by atoms with Crippen molar-refractivity contribution in [3.05, 3.63) is 0 Å². The minimum Gasteiger partial charge on any atom is -0.550 e. The first-order chi connectivity index (χ1) is 5.70. The quantitative estimate of drug-likeness (QED) is 0.639. The monoisotopic (exact) mass is 169 g/mol. The minimum absolute atomic E-state index is 0.241. The summed E-state index contributed by atoms with van der Waals surface area (Å²) in [6.45, 7) is 2.03. The Morgan fingerprint density at radius 2 is 2.00 bits per heavy atom. The number of rotatable bonds is 3. The van der Waals surface area contributed by atoms with Crippen molar-refractivity contribution < 1.29 is 9.90 Å². The van der Waals surface area contributed by atoms with Crippen molar-refractivity contribution in [1.82, 2.24) is 0 Å². The van der Waals surface area contributed by atoms with Gasteiger partial charge in [-0.1, -0.05) is 39.0 Å². The Hall–Kier alpha value is -0.530. The van der Waals surface area contributed by atoms with Crippen LogP contribution < -0.4 is 5.11 Å². The molecule has 0 saturated heterocycles. The van der Waals surface area contributed by atoms with Crippen LogP contribution in [0.5, 0.6) is 0 Å². The molecular formula is C10H17O2-. The lowest BCUT2D eigenvalue weighted by atomic mass is 9.79. The molecule has 0 heterocycles. The van der Waals surface area contributed by atoms with E-state index in [0.29, 0.717) is 11.8 Å². The molecule has 0 bridgehead atoms. The molecule has 0 aromatic carbocycles. The molecule has 1 fully saturated rings. The highest BCUT2D eigenvalue weighted by atomic mass is 16.4. The topological polar surface area (TPSA) is 40.1 Å². The fraction of sp³-hybridized carbons (Fsp3) is 0.900. The molecule has 1 aliphatic rings. The van der Waals surface area contributed by atoms with Crippen LogP contribution in [0.15, 0.2) is 0 Å². The van der Waals surface area contributed by atoms with Crippen LogP contribution >= 0.6 is 0 Å². The van der Waals surface area contributed by atoms with Crippen LogP contribution in [-0.2, 0) is 4.79 Å². The van der Waals surface area contributed by atoms with Gasteiger partial charge in [-0.3, -0.25) is 0 Å². The highest BCUT2D eigenvalue weighted by molar-refractivity contribution is 5.64. The first-order valence-electron chi connectivity index (χ1n) is 4.90. The maximum absolute atomic E-state index is 10.3. The average molecular weight is 169 g/mol. The number of aliphatic carboxylic acids is 1. The molecule has 0 spiro atoms. The predicted molar refractivity (Wildman–Crippen MR) is 45.4 cm³/mol. The summed E-state index contributed by atoms with van der Waals surface area (Å²) in [5.74, 6) is 0.0556. The van der Waals surface area contributed by atoms with E-state index in [1.807, 2.05) is 6.92 Å². The molecule has 2 heteroatoms. The van der Waals surface area contributed by atoms with E-state index in [1.165, 1.54) is 32.1 Å². The first-order valence-corrected chi connectivity index (χ1v) is 4.90. The zero-order chi connectivity index (χ0) is 8.97. The van der Waals surface area contributed by atoms with Crippen molar-refractivity contribution in [2.24, 2.45) is 11.8 Å². The molecule has 1 aliphatic carbocycles. The van der Waals surface area contributed by atoms with E-state index in [2.05, 4.69) is 0 Å². The fourth-order valence-corrected chi connectivity index (χ4v) is 2.13. The summed E-state index contributed by atoms with van der Waals surface area (Å²) in [6, 6.07) is 0. The van der Waals surface area contributed by atoms with Crippen molar-refractivity contribution >= 4 is 5.97 Å². The second-order valence-electron chi connectivity index (χ2n) is 3.95. The second-order valence-corrected chi connectivity index (χ2v) is 3.95. The van der Waals surface area contributed by atoms with Crippen LogP contribution in [0.25, 0.3) is 0 Å². The van der Waals surface area contributed by atoms with Crippen molar-refractivity contribution in [2.75, 3.05) is 0 Å². The van der Waals surface area contributed by atoms with Gasteiger partial charge in [0, 0.05) is 5.97 Å². The van der Waals surface area contributed by atoms with Gasteiger partial charge in [0.2, 0.25) is 0 Å². The summed E-state index contributed by atoms with van der Waals surface area (Å²) in [5.41, 5.74) is 0. The second kappa shape index (κ2) is 4.48. The zero-order valence-corrected chi connectivity index (χ0v) is 7.71. The molecular weight excluding hydrogens is 152 g/mol. The van der Waals surface area contributed by atoms with Gasteiger partial charge in [0.05, 0.1) is 0 Å². The highest BCUT2D eigenvalue weighted by Crippen LogP contribution is 2.31. The average Bonchev–Trinajstić information content (AvgIpc) is 2.05. The van der Waals surface area contributed by atoms with Gasteiger partial charge in [-0.05, 0) is 18.3 Å². The minimum atomic E-state index is -0.895. The fourth-order valence-electron chi connectivity index (χ4n) is 2.13. The van der Waals surface area contributed by atoms with Crippen LogP contribution in [-0.4, -0.2) is 5.97 Å². The molecule has 0 aliphatic heterocycles. The Morgan fingerprint density at radius 3 is 2.50 bits per heavy atom. The molecule has 1 atom stereocenters. The van der Waals surface area contributed by atoms with Gasteiger partial charge < -0.3 is 9.90 Å². The van der Waals surface area contributed by atoms with Crippen molar-refractivity contribution in [1.29, 1.82) is 0 Å². The third-order valence-corrected chi connectivity index (χ3v) is 2.94. The van der Waals surface area contributed by atoms with E-state index in [4.69, 9.17) is 0 Å². The Morgan fingerprint density at radius 1 is 1.42 bits per heavy atom. The normalized spacial score (nSPS) is 22.1. The Balaban J connectivity index is 2.29. The highest BCUT2D eigenvalue weighted by Gasteiger charge is 2.19. The molecule has 1 unspecified atom stereocenters. The van der Waals surface area contributed by atoms with Crippen LogP contribution in [0.4, 0.5) is 0 Å². The molecule has 0 aromatic heterocycles. The summed E-state index contributed by atoms with van der Waals surface area (Å²) in [4.78, 5) is 10.3. The molecule has 0 N–H and O–H groups in total. The molecule has 1 rings (SSSR count). The van der Waals surface area contributed by atoms with Crippen LogP contribution in [0.1, 0.15) is 45.4 Å². The Labute approximate surface area is 74.0 Å². The molecule has 0 radical (unpaired) electrons. The van der Waals surface area contributed by atoms with E-state index in [9.17, 15) is 9.90 Å². The van der Waals surface area contributed by atoms with E-state index in [1.54, 1.807) is 0 Å². The summed E-state index contributed by atoms with van der Waals surface area (Å²) < 4.78 is 0. The molecule has 2 nitrogen and oxygen atoms in total. The lowest BCUT2D eigenvalue weighted by Gasteiger charge is -2.27. The van der Waals surface area contributed by atoms with Gasteiger partial charge >= 0.3 is 0 Å². The zero-order valence-electron chi connectivity index (χ0n) is 7.71. The SMILES string of the molecule is CC(CC(=O)[O-])C1CCCCC1. The first kappa shape index (κ1) is 9.56. The standard InChI is InChI=1S/C10H18O2/c1-8(7-10(11)12)9-5-3-2-4-6-9/h8-9H,2-7H2,1H3,(H,11,12)/p-1. The van der Waals surface area contributed by atoms with Gasteiger partial charge in [-0.15, -0.1) is 0 Å². The molecule has 0 aromatic rings. The van der Waals surface area contributed by atoms with E-state index >= 15 is 0 Å². The molecule has 12 heavy (non-hydrogen) atoms. The lowest BCUT2D eigenvalue weighted by Crippen LogP contribution is -2.27. The lowest BCUT2D eigenvalue weighted by molar-refractivity contribution is -0.307. The molecule has 0 amide bonds. The van der Waals surface area contributed by atoms with Crippen molar-refractivity contribution in [2.45, 2.75) is 45.4 Å². The largest absolute Gasteiger partial charge is 0.550 e. The number of carbonyl (C=O) groups is 1. The summed E-state index contributed by atoms with van der Waals surface area (Å²) in [7, 11) is 0. The Bertz CT molecular complexity index is 148. The predicted octanol–water partition coefficient (Wildman–Crippen LogP) is 1.34. The van der Waals surface area contributed by atoms with E-state index in [-0.39, 0.29) is 6.42 Å². The van der Waals surface area contributed by atoms with Crippen LogP contribution in [0, 0.1) is 11.8 Å². The number of hydrogen-bond acceptors (Lipinski definition) is 2. The van der Waals surface area contributed by atoms with Crippen LogP contribution in [0.3, 0.4) is 0 Å². The van der Waals surface area contributed by atoms with Crippen molar-refractivity contribution in [3.63, 3.8) is 0 Å². The number of carbonyl (C=O) groups excluding carboxylic acids is 1. The van der Waals surface area contributed by atoms with E-state index < -0.39 is 5.97 Å². The van der Waals surface area contributed by atoms with Gasteiger partial charge in [0.25, 0.3) is 0 Å². The number of carboxylic acids is 1. The van der Waals surface area contributed by atoms with Crippen LogP contribution in [0.2, 0.25) is 0 Å². The van der Waals surface area contributed by atoms with E-state index in [0.717, 1.165) is 0 Å². The maximum atomic E-state index is 10.3. The third-order valence-electron chi connectivity index (χ3n) is 2.94. The maximum Gasteiger partial charge on any atom is 0.0417 e. The van der Waals surface area contributed by atoms with Gasteiger partial charge in [0.15, 0.2) is 0 Å². The third kappa shape index (κ3) is 2.84. The van der Waals surface area contributed by atoms with Crippen molar-refractivity contribution in [3.8, 4) is 0 Å². The molecule has 1 saturated carbocycles. The summed E-state index contributed by atoms with van der Waals surface area (Å²) >= 11 is 0.